The van der Waals surface area contributed by atoms with E-state index in [9.17, 15) is 9.18 Å². The molecule has 1 aliphatic carbocycles. The van der Waals surface area contributed by atoms with Gasteiger partial charge >= 0.3 is 0 Å². The summed E-state index contributed by atoms with van der Waals surface area (Å²) in [6, 6.07) is 0. The Morgan fingerprint density at radius 2 is 2.09 bits per heavy atom. The summed E-state index contributed by atoms with van der Waals surface area (Å²) in [5.41, 5.74) is 9.74. The second-order valence-corrected chi connectivity index (χ2v) is 2.52. The minimum absolute atomic E-state index is 0.197. The van der Waals surface area contributed by atoms with Crippen LogP contribution in [0.1, 0.15) is 0 Å². The maximum absolute atomic E-state index is 12.8. The zero-order valence-corrected chi connectivity index (χ0v) is 6.23. The van der Waals surface area contributed by atoms with Gasteiger partial charge in [-0.15, -0.1) is 0 Å². The standard InChI is InChI=1S/C6H6ClFN2O/c7-4-3(11)1-2(9)5(8)6(4)10/h1,5H,9-10H2. The SMILES string of the molecule is NC1=CC(=O)C(Cl)=C(N)C1F. The number of rotatable bonds is 0. The summed E-state index contributed by atoms with van der Waals surface area (Å²) in [5.74, 6) is -0.546. The number of alkyl halides is 1. The highest BCUT2D eigenvalue weighted by Crippen LogP contribution is 2.21. The molecule has 0 fully saturated rings. The van der Waals surface area contributed by atoms with Crippen molar-refractivity contribution >= 4 is 17.4 Å². The number of hydrogen-bond donors (Lipinski definition) is 2. The highest BCUT2D eigenvalue weighted by molar-refractivity contribution is 6.45. The topological polar surface area (TPSA) is 69.1 Å². The lowest BCUT2D eigenvalue weighted by Gasteiger charge is -2.14. The molecule has 3 nitrogen and oxygen atoms in total. The van der Waals surface area contributed by atoms with Gasteiger partial charge in [0, 0.05) is 6.08 Å². The third-order valence-corrected chi connectivity index (χ3v) is 1.74. The number of carbonyl (C=O) groups is 1. The molecule has 0 amide bonds. The second kappa shape index (κ2) is 2.54. The molecule has 0 saturated heterocycles. The molecule has 0 aromatic carbocycles. The second-order valence-electron chi connectivity index (χ2n) is 2.14. The fourth-order valence-corrected chi connectivity index (χ4v) is 0.871. The fourth-order valence-electron chi connectivity index (χ4n) is 0.721. The zero-order chi connectivity index (χ0) is 8.59. The Kier molecular flexibility index (Phi) is 1.87. The van der Waals surface area contributed by atoms with Gasteiger partial charge in [0.25, 0.3) is 0 Å². The van der Waals surface area contributed by atoms with Crippen molar-refractivity contribution in [2.24, 2.45) is 11.5 Å². The van der Waals surface area contributed by atoms with E-state index in [1.807, 2.05) is 0 Å². The zero-order valence-electron chi connectivity index (χ0n) is 5.47. The molecule has 0 spiro atoms. The minimum Gasteiger partial charge on any atom is -0.399 e. The van der Waals surface area contributed by atoms with Gasteiger partial charge in [0.2, 0.25) is 5.78 Å². The molecular formula is C6H6ClFN2O. The van der Waals surface area contributed by atoms with Crippen LogP contribution in [0.5, 0.6) is 0 Å². The van der Waals surface area contributed by atoms with Crippen molar-refractivity contribution in [3.63, 3.8) is 0 Å². The first-order chi connectivity index (χ1) is 5.04. The molecule has 4 N–H and O–H groups in total. The van der Waals surface area contributed by atoms with E-state index in [0.29, 0.717) is 0 Å². The smallest absolute Gasteiger partial charge is 0.200 e. The van der Waals surface area contributed by atoms with E-state index in [0.717, 1.165) is 6.08 Å². The van der Waals surface area contributed by atoms with E-state index in [-0.39, 0.29) is 16.4 Å². The lowest BCUT2D eigenvalue weighted by Crippen LogP contribution is -2.27. The van der Waals surface area contributed by atoms with Crippen molar-refractivity contribution in [2.45, 2.75) is 6.17 Å². The van der Waals surface area contributed by atoms with Crippen LogP contribution in [0.15, 0.2) is 22.5 Å². The number of allylic oxidation sites excluding steroid dienone is 2. The summed E-state index contributed by atoms with van der Waals surface area (Å²) < 4.78 is 12.8. The van der Waals surface area contributed by atoms with E-state index < -0.39 is 12.0 Å². The highest BCUT2D eigenvalue weighted by atomic mass is 35.5. The molecular weight excluding hydrogens is 171 g/mol. The number of nitrogens with two attached hydrogens (primary N) is 2. The van der Waals surface area contributed by atoms with Gasteiger partial charge in [-0.05, 0) is 0 Å². The Morgan fingerprint density at radius 1 is 1.55 bits per heavy atom. The maximum atomic E-state index is 12.8. The summed E-state index contributed by atoms with van der Waals surface area (Å²) in [6.07, 6.45) is -0.691. The predicted molar refractivity (Wildman–Crippen MR) is 39.2 cm³/mol. The van der Waals surface area contributed by atoms with E-state index >= 15 is 0 Å². The molecule has 0 bridgehead atoms. The van der Waals surface area contributed by atoms with E-state index in [4.69, 9.17) is 23.1 Å². The van der Waals surface area contributed by atoms with Gasteiger partial charge in [0.1, 0.15) is 5.03 Å². The monoisotopic (exact) mass is 176 g/mol. The van der Waals surface area contributed by atoms with E-state index in [1.165, 1.54) is 0 Å². The number of carbonyl (C=O) groups excluding carboxylic acids is 1. The first kappa shape index (κ1) is 8.07. The molecule has 1 rings (SSSR count). The molecule has 0 aromatic heterocycles. The molecule has 0 heterocycles. The van der Waals surface area contributed by atoms with Crippen LogP contribution in [0.4, 0.5) is 4.39 Å². The maximum Gasteiger partial charge on any atom is 0.200 e. The number of hydrogen-bond acceptors (Lipinski definition) is 3. The van der Waals surface area contributed by atoms with Crippen molar-refractivity contribution in [1.82, 2.24) is 0 Å². The molecule has 0 aromatic rings. The third kappa shape index (κ3) is 1.21. The number of halogens is 2. The van der Waals surface area contributed by atoms with Crippen molar-refractivity contribution in [1.29, 1.82) is 0 Å². The first-order valence-electron chi connectivity index (χ1n) is 2.84. The Balaban J connectivity index is 3.08. The van der Waals surface area contributed by atoms with Gasteiger partial charge in [-0.25, -0.2) is 4.39 Å². The van der Waals surface area contributed by atoms with Crippen LogP contribution in [-0.2, 0) is 4.79 Å². The van der Waals surface area contributed by atoms with Crippen LogP contribution in [0, 0.1) is 0 Å². The van der Waals surface area contributed by atoms with Crippen molar-refractivity contribution in [2.75, 3.05) is 0 Å². The minimum atomic E-state index is -1.62. The quantitative estimate of drug-likeness (QED) is 0.553. The Bertz CT molecular complexity index is 272. The summed E-state index contributed by atoms with van der Waals surface area (Å²) >= 11 is 5.34. The van der Waals surface area contributed by atoms with Crippen molar-refractivity contribution in [3.05, 3.63) is 22.5 Å². The van der Waals surface area contributed by atoms with Crippen molar-refractivity contribution in [3.8, 4) is 0 Å². The first-order valence-corrected chi connectivity index (χ1v) is 3.22. The van der Waals surface area contributed by atoms with Gasteiger partial charge in [0.15, 0.2) is 6.17 Å². The molecule has 11 heavy (non-hydrogen) atoms. The summed E-state index contributed by atoms with van der Waals surface area (Å²) in [7, 11) is 0. The molecule has 60 valence electrons. The normalized spacial score (nSPS) is 25.5. The van der Waals surface area contributed by atoms with Gasteiger partial charge in [-0.2, -0.15) is 0 Å². The summed E-state index contributed by atoms with van der Waals surface area (Å²) in [4.78, 5) is 10.8. The van der Waals surface area contributed by atoms with Gasteiger partial charge < -0.3 is 11.5 Å². The number of ketones is 1. The lowest BCUT2D eigenvalue weighted by atomic mass is 10.1. The van der Waals surface area contributed by atoms with Crippen LogP contribution in [0.2, 0.25) is 0 Å². The Morgan fingerprint density at radius 3 is 2.64 bits per heavy atom. The van der Waals surface area contributed by atoms with Gasteiger partial charge in [0.05, 0.1) is 11.4 Å². The lowest BCUT2D eigenvalue weighted by molar-refractivity contribution is -0.111. The average molecular weight is 177 g/mol. The van der Waals surface area contributed by atoms with Gasteiger partial charge in [-0.3, -0.25) is 4.79 Å². The molecule has 1 unspecified atom stereocenters. The highest BCUT2D eigenvalue weighted by Gasteiger charge is 2.25. The molecule has 0 aliphatic heterocycles. The van der Waals surface area contributed by atoms with Gasteiger partial charge in [-0.1, -0.05) is 11.6 Å². The van der Waals surface area contributed by atoms with Crippen LogP contribution >= 0.6 is 11.6 Å². The third-order valence-electron chi connectivity index (χ3n) is 1.33. The van der Waals surface area contributed by atoms with E-state index in [2.05, 4.69) is 0 Å². The van der Waals surface area contributed by atoms with Crippen LogP contribution in [-0.4, -0.2) is 12.0 Å². The molecule has 1 aliphatic rings. The van der Waals surface area contributed by atoms with Crippen LogP contribution in [0.3, 0.4) is 0 Å². The average Bonchev–Trinajstić information content (AvgIpc) is 1.97. The molecule has 5 heteroatoms. The largest absolute Gasteiger partial charge is 0.399 e. The molecule has 1 atom stereocenters. The summed E-state index contributed by atoms with van der Waals surface area (Å²) in [5, 5.41) is -0.285. The fraction of sp³-hybridized carbons (Fsp3) is 0.167. The molecule has 0 saturated carbocycles. The Hall–Kier alpha value is -1.03. The van der Waals surface area contributed by atoms with Crippen molar-refractivity contribution < 1.29 is 9.18 Å². The molecule has 0 radical (unpaired) electrons. The predicted octanol–water partition coefficient (Wildman–Crippen LogP) is 0.159. The Labute approximate surface area is 67.5 Å². The van der Waals surface area contributed by atoms with Crippen LogP contribution in [0.25, 0.3) is 0 Å². The van der Waals surface area contributed by atoms with E-state index in [1.54, 1.807) is 0 Å². The van der Waals surface area contributed by atoms with Crippen LogP contribution < -0.4 is 11.5 Å². The summed E-state index contributed by atoms with van der Waals surface area (Å²) in [6.45, 7) is 0.